The predicted molar refractivity (Wildman–Crippen MR) is 69.8 cm³/mol. The summed E-state index contributed by atoms with van der Waals surface area (Å²) in [6, 6.07) is 4.34. The van der Waals surface area contributed by atoms with Crippen LogP contribution in [-0.4, -0.2) is 13.1 Å². The average Bonchev–Trinajstić information content (AvgIpc) is 2.65. The van der Waals surface area contributed by atoms with Crippen LogP contribution in [0.5, 0.6) is 0 Å². The number of thiophene rings is 1. The number of nitrogens with zero attached hydrogens (tertiary/aromatic N) is 1. The van der Waals surface area contributed by atoms with Gasteiger partial charge in [-0.25, -0.2) is 0 Å². The van der Waals surface area contributed by atoms with Gasteiger partial charge in [0.25, 0.3) is 0 Å². The summed E-state index contributed by atoms with van der Waals surface area (Å²) >= 11 is 1.83. The van der Waals surface area contributed by atoms with Gasteiger partial charge in [0.05, 0.1) is 6.07 Å². The Balaban J connectivity index is 2.41. The second kappa shape index (κ2) is 6.03. The minimum absolute atomic E-state index is 0.185. The van der Waals surface area contributed by atoms with Crippen molar-refractivity contribution in [2.45, 2.75) is 39.0 Å². The molecule has 1 heterocycles. The van der Waals surface area contributed by atoms with Gasteiger partial charge in [-0.2, -0.15) is 5.26 Å². The van der Waals surface area contributed by atoms with Gasteiger partial charge in [-0.1, -0.05) is 13.8 Å². The maximum Gasteiger partial charge on any atom is 0.0622 e. The molecule has 2 nitrogen and oxygen atoms in total. The maximum absolute atomic E-state index is 8.44. The Morgan fingerprint density at radius 1 is 1.50 bits per heavy atom. The molecule has 0 aliphatic rings. The van der Waals surface area contributed by atoms with Crippen LogP contribution in [0.25, 0.3) is 0 Å². The molecule has 0 spiro atoms. The molecule has 0 bridgehead atoms. The summed E-state index contributed by atoms with van der Waals surface area (Å²) in [5.41, 5.74) is 1.57. The third kappa shape index (κ3) is 3.62. The summed E-state index contributed by atoms with van der Waals surface area (Å²) in [5, 5.41) is 14.0. The molecule has 0 atom stereocenters. The van der Waals surface area contributed by atoms with E-state index in [1.807, 2.05) is 11.3 Å². The molecule has 0 aliphatic heterocycles. The fourth-order valence-electron chi connectivity index (χ4n) is 1.84. The molecule has 0 saturated carbocycles. The minimum Gasteiger partial charge on any atom is -0.316 e. The zero-order valence-electron chi connectivity index (χ0n) is 10.3. The van der Waals surface area contributed by atoms with E-state index in [4.69, 9.17) is 5.26 Å². The SMILES string of the molecule is Cc1ccsc1C(C)(C)CNCCCC#N. The highest BCUT2D eigenvalue weighted by molar-refractivity contribution is 7.10. The normalized spacial score (nSPS) is 11.4. The topological polar surface area (TPSA) is 35.8 Å². The number of unbranched alkanes of at least 4 members (excludes halogenated alkanes) is 1. The summed E-state index contributed by atoms with van der Waals surface area (Å²) in [4.78, 5) is 1.46. The van der Waals surface area contributed by atoms with Crippen LogP contribution in [0.4, 0.5) is 0 Å². The van der Waals surface area contributed by atoms with Gasteiger partial charge < -0.3 is 5.32 Å². The number of nitrogens with one attached hydrogen (secondary N) is 1. The summed E-state index contributed by atoms with van der Waals surface area (Å²) in [6.07, 6.45) is 1.58. The molecule has 3 heteroatoms. The molecule has 0 unspecified atom stereocenters. The monoisotopic (exact) mass is 236 g/mol. The highest BCUT2D eigenvalue weighted by Gasteiger charge is 2.22. The maximum atomic E-state index is 8.44. The number of aryl methyl sites for hydroxylation is 1. The Kier molecular flexibility index (Phi) is 4.98. The van der Waals surface area contributed by atoms with Crippen LogP contribution in [0.3, 0.4) is 0 Å². The standard InChI is InChI=1S/C13H20N2S/c1-11-6-9-16-12(11)13(2,3)10-15-8-5-4-7-14/h6,9,15H,4-5,8,10H2,1-3H3. The highest BCUT2D eigenvalue weighted by Crippen LogP contribution is 2.30. The molecule has 16 heavy (non-hydrogen) atoms. The van der Waals surface area contributed by atoms with Crippen LogP contribution in [-0.2, 0) is 5.41 Å². The van der Waals surface area contributed by atoms with Gasteiger partial charge >= 0.3 is 0 Å². The third-order valence-electron chi connectivity index (χ3n) is 2.69. The van der Waals surface area contributed by atoms with Gasteiger partial charge in [-0.05, 0) is 36.9 Å². The molecular formula is C13H20N2S. The third-order valence-corrected chi connectivity index (χ3v) is 4.07. The Morgan fingerprint density at radius 2 is 2.25 bits per heavy atom. The molecule has 88 valence electrons. The summed E-state index contributed by atoms with van der Waals surface area (Å²) in [7, 11) is 0. The smallest absolute Gasteiger partial charge is 0.0622 e. The Hall–Kier alpha value is -0.850. The lowest BCUT2D eigenvalue weighted by atomic mass is 9.89. The highest BCUT2D eigenvalue weighted by atomic mass is 32.1. The van der Waals surface area contributed by atoms with Crippen molar-refractivity contribution in [2.75, 3.05) is 13.1 Å². The van der Waals surface area contributed by atoms with Gasteiger partial charge in [0.2, 0.25) is 0 Å². The molecule has 0 fully saturated rings. The second-order valence-electron chi connectivity index (χ2n) is 4.76. The van der Waals surface area contributed by atoms with Crippen LogP contribution in [0.1, 0.15) is 37.1 Å². The number of rotatable bonds is 6. The van der Waals surface area contributed by atoms with Crippen LogP contribution in [0.15, 0.2) is 11.4 Å². The number of hydrogen-bond donors (Lipinski definition) is 1. The molecule has 1 N–H and O–H groups in total. The molecule has 0 saturated heterocycles. The molecule has 0 amide bonds. The van der Waals surface area contributed by atoms with Crippen molar-refractivity contribution < 1.29 is 0 Å². The summed E-state index contributed by atoms with van der Waals surface area (Å²) in [6.45, 7) is 8.61. The van der Waals surface area contributed by atoms with E-state index in [0.717, 1.165) is 19.5 Å². The summed E-state index contributed by atoms with van der Waals surface area (Å²) in [5.74, 6) is 0. The molecule has 0 aliphatic carbocycles. The van der Waals surface area contributed by atoms with Crippen LogP contribution in [0.2, 0.25) is 0 Å². The second-order valence-corrected chi connectivity index (χ2v) is 5.67. The van der Waals surface area contributed by atoms with Crippen molar-refractivity contribution in [3.63, 3.8) is 0 Å². The first-order valence-corrected chi connectivity index (χ1v) is 6.58. The molecular weight excluding hydrogens is 216 g/mol. The first-order valence-electron chi connectivity index (χ1n) is 5.70. The van der Waals surface area contributed by atoms with E-state index in [9.17, 15) is 0 Å². The van der Waals surface area contributed by atoms with E-state index in [-0.39, 0.29) is 5.41 Å². The fourth-order valence-corrected chi connectivity index (χ4v) is 2.89. The first kappa shape index (κ1) is 13.2. The van der Waals surface area contributed by atoms with Gasteiger partial charge in [-0.3, -0.25) is 0 Å². The molecule has 0 radical (unpaired) electrons. The van der Waals surface area contributed by atoms with E-state index in [2.05, 4.69) is 43.6 Å². The molecule has 1 aromatic rings. The van der Waals surface area contributed by atoms with Crippen molar-refractivity contribution in [3.05, 3.63) is 21.9 Å². The van der Waals surface area contributed by atoms with E-state index in [1.54, 1.807) is 0 Å². The van der Waals surface area contributed by atoms with Gasteiger partial charge in [0.1, 0.15) is 0 Å². The van der Waals surface area contributed by atoms with Crippen molar-refractivity contribution in [1.29, 1.82) is 5.26 Å². The Bertz CT molecular complexity index is 360. The number of nitriles is 1. The van der Waals surface area contributed by atoms with Crippen molar-refractivity contribution in [1.82, 2.24) is 5.32 Å². The van der Waals surface area contributed by atoms with E-state index in [0.29, 0.717) is 6.42 Å². The molecule has 1 aromatic heterocycles. The number of hydrogen-bond acceptors (Lipinski definition) is 3. The van der Waals surface area contributed by atoms with Crippen LogP contribution in [0, 0.1) is 18.3 Å². The van der Waals surface area contributed by atoms with Crippen LogP contribution < -0.4 is 5.32 Å². The van der Waals surface area contributed by atoms with E-state index >= 15 is 0 Å². The summed E-state index contributed by atoms with van der Waals surface area (Å²) < 4.78 is 0. The van der Waals surface area contributed by atoms with E-state index in [1.165, 1.54) is 10.4 Å². The zero-order valence-corrected chi connectivity index (χ0v) is 11.2. The Labute approximate surface area is 102 Å². The van der Waals surface area contributed by atoms with Gasteiger partial charge in [-0.15, -0.1) is 11.3 Å². The van der Waals surface area contributed by atoms with Crippen molar-refractivity contribution >= 4 is 11.3 Å². The van der Waals surface area contributed by atoms with E-state index < -0.39 is 0 Å². The van der Waals surface area contributed by atoms with Crippen LogP contribution >= 0.6 is 11.3 Å². The minimum atomic E-state index is 0.185. The lowest BCUT2D eigenvalue weighted by molar-refractivity contribution is 0.473. The lowest BCUT2D eigenvalue weighted by Crippen LogP contribution is -2.33. The largest absolute Gasteiger partial charge is 0.316 e. The van der Waals surface area contributed by atoms with Crippen molar-refractivity contribution in [3.8, 4) is 6.07 Å². The Morgan fingerprint density at radius 3 is 2.81 bits per heavy atom. The van der Waals surface area contributed by atoms with Crippen molar-refractivity contribution in [2.24, 2.45) is 0 Å². The lowest BCUT2D eigenvalue weighted by Gasteiger charge is -2.25. The quantitative estimate of drug-likeness (QED) is 0.770. The van der Waals surface area contributed by atoms with Gasteiger partial charge in [0.15, 0.2) is 0 Å². The average molecular weight is 236 g/mol. The molecule has 0 aromatic carbocycles. The zero-order chi connectivity index (χ0) is 12.0. The predicted octanol–water partition coefficient (Wildman–Crippen LogP) is 3.23. The molecule has 1 rings (SSSR count). The fraction of sp³-hybridized carbons (Fsp3) is 0.615. The van der Waals surface area contributed by atoms with Gasteiger partial charge in [0, 0.05) is 23.3 Å². The first-order chi connectivity index (χ1) is 7.58.